The van der Waals surface area contributed by atoms with Gasteiger partial charge in [0.1, 0.15) is 0 Å². The second kappa shape index (κ2) is 9.19. The summed E-state index contributed by atoms with van der Waals surface area (Å²) in [5.74, 6) is -1.31. The molecule has 0 radical (unpaired) electrons. The predicted octanol–water partition coefficient (Wildman–Crippen LogP) is 1.08. The normalized spacial score (nSPS) is 16.4. The molecule has 0 aliphatic carbocycles. The van der Waals surface area contributed by atoms with E-state index in [1.807, 2.05) is 25.1 Å². The van der Waals surface area contributed by atoms with Gasteiger partial charge < -0.3 is 15.5 Å². The van der Waals surface area contributed by atoms with E-state index >= 15 is 0 Å². The molecule has 2 heterocycles. The summed E-state index contributed by atoms with van der Waals surface area (Å²) >= 11 is 0. The Labute approximate surface area is 171 Å². The van der Waals surface area contributed by atoms with E-state index in [4.69, 9.17) is 0 Å². The van der Waals surface area contributed by atoms with Crippen LogP contribution < -0.4 is 10.6 Å². The highest BCUT2D eigenvalue weighted by molar-refractivity contribution is 6.39. The largest absolute Gasteiger partial charge is 0.346 e. The molecular formula is C21H30N6O2. The monoisotopic (exact) mass is 398 g/mol. The van der Waals surface area contributed by atoms with E-state index in [9.17, 15) is 9.59 Å². The third-order valence-electron chi connectivity index (χ3n) is 5.57. The van der Waals surface area contributed by atoms with Crippen molar-refractivity contribution < 1.29 is 9.59 Å². The molecule has 3 rings (SSSR count). The van der Waals surface area contributed by atoms with Gasteiger partial charge in [-0.15, -0.1) is 0 Å². The number of hydrogen-bond acceptors (Lipinski definition) is 5. The van der Waals surface area contributed by atoms with Crippen molar-refractivity contribution in [2.45, 2.75) is 19.9 Å². The molecule has 1 aliphatic heterocycles. The number of anilines is 1. The minimum atomic E-state index is -0.672. The fourth-order valence-electron chi connectivity index (χ4n) is 3.66. The van der Waals surface area contributed by atoms with E-state index in [-0.39, 0.29) is 6.04 Å². The van der Waals surface area contributed by atoms with Gasteiger partial charge in [-0.05, 0) is 26.5 Å². The molecule has 1 fully saturated rings. The molecule has 8 nitrogen and oxygen atoms in total. The third-order valence-corrected chi connectivity index (χ3v) is 5.57. The molecule has 2 amide bonds. The number of piperazine rings is 1. The minimum absolute atomic E-state index is 0.0310. The summed E-state index contributed by atoms with van der Waals surface area (Å²) in [6, 6.07) is 10.1. The van der Waals surface area contributed by atoms with Gasteiger partial charge in [-0.2, -0.15) is 5.10 Å². The standard InChI is InChI=1S/C21H30N6O2/c1-15-19(16(2)26(4)24-15)23-21(29)20(28)22-14-18(17-8-6-5-7-9-17)27-12-10-25(3)11-13-27/h5-9,18H,10-14H2,1-4H3,(H,22,28)(H,23,29). The lowest BCUT2D eigenvalue weighted by Crippen LogP contribution is -2.49. The van der Waals surface area contributed by atoms with Crippen molar-refractivity contribution in [3.8, 4) is 0 Å². The van der Waals surface area contributed by atoms with Crippen LogP contribution in [0.4, 0.5) is 5.69 Å². The Bertz CT molecular complexity index is 856. The Morgan fingerprint density at radius 2 is 1.69 bits per heavy atom. The smallest absolute Gasteiger partial charge is 0.313 e. The quantitative estimate of drug-likeness (QED) is 0.737. The molecule has 156 valence electrons. The van der Waals surface area contributed by atoms with Crippen molar-refractivity contribution in [1.82, 2.24) is 24.9 Å². The summed E-state index contributed by atoms with van der Waals surface area (Å²) in [4.78, 5) is 29.5. The number of rotatable bonds is 5. The highest BCUT2D eigenvalue weighted by Crippen LogP contribution is 2.21. The number of carbonyl (C=O) groups excluding carboxylic acids is 2. The number of aryl methyl sites for hydroxylation is 2. The van der Waals surface area contributed by atoms with Crippen LogP contribution in [0, 0.1) is 13.8 Å². The molecule has 1 atom stereocenters. The van der Waals surface area contributed by atoms with E-state index in [2.05, 4.69) is 44.7 Å². The van der Waals surface area contributed by atoms with E-state index in [1.165, 1.54) is 0 Å². The van der Waals surface area contributed by atoms with E-state index in [0.29, 0.717) is 17.9 Å². The topological polar surface area (TPSA) is 82.5 Å². The maximum atomic E-state index is 12.5. The molecule has 2 aromatic rings. The molecule has 29 heavy (non-hydrogen) atoms. The summed E-state index contributed by atoms with van der Waals surface area (Å²) in [6.07, 6.45) is 0. The molecule has 8 heteroatoms. The van der Waals surface area contributed by atoms with E-state index in [0.717, 1.165) is 37.4 Å². The Hall–Kier alpha value is -2.71. The molecule has 0 bridgehead atoms. The first-order valence-electron chi connectivity index (χ1n) is 9.93. The van der Waals surface area contributed by atoms with Crippen molar-refractivity contribution >= 4 is 17.5 Å². The van der Waals surface area contributed by atoms with Crippen LogP contribution in [-0.2, 0) is 16.6 Å². The van der Waals surface area contributed by atoms with E-state index < -0.39 is 11.8 Å². The lowest BCUT2D eigenvalue weighted by atomic mass is 10.0. The van der Waals surface area contributed by atoms with Crippen LogP contribution in [0.3, 0.4) is 0 Å². The zero-order valence-electron chi connectivity index (χ0n) is 17.6. The summed E-state index contributed by atoms with van der Waals surface area (Å²) in [5, 5.41) is 9.78. The lowest BCUT2D eigenvalue weighted by molar-refractivity contribution is -0.136. The Morgan fingerprint density at radius 3 is 2.28 bits per heavy atom. The summed E-state index contributed by atoms with van der Waals surface area (Å²) < 4.78 is 1.68. The maximum Gasteiger partial charge on any atom is 0.313 e. The summed E-state index contributed by atoms with van der Waals surface area (Å²) in [7, 11) is 3.92. The third kappa shape index (κ3) is 5.02. The highest BCUT2D eigenvalue weighted by Gasteiger charge is 2.26. The van der Waals surface area contributed by atoms with Gasteiger partial charge in [-0.25, -0.2) is 0 Å². The van der Waals surface area contributed by atoms with Crippen LogP contribution in [0.2, 0.25) is 0 Å². The predicted molar refractivity (Wildman–Crippen MR) is 113 cm³/mol. The van der Waals surface area contributed by atoms with Crippen LogP contribution in [-0.4, -0.2) is 71.2 Å². The zero-order valence-corrected chi connectivity index (χ0v) is 17.6. The molecule has 0 saturated carbocycles. The SMILES string of the molecule is Cc1nn(C)c(C)c1NC(=O)C(=O)NCC(c1ccccc1)N1CCN(C)CC1. The van der Waals surface area contributed by atoms with Crippen LogP contribution in [0.1, 0.15) is 23.0 Å². The number of aromatic nitrogens is 2. The summed E-state index contributed by atoms with van der Waals surface area (Å²) in [6.45, 7) is 7.85. The average molecular weight is 399 g/mol. The molecular weight excluding hydrogens is 368 g/mol. The Kier molecular flexibility index (Phi) is 6.66. The Morgan fingerprint density at radius 1 is 1.03 bits per heavy atom. The molecule has 0 spiro atoms. The van der Waals surface area contributed by atoms with Crippen molar-refractivity contribution in [1.29, 1.82) is 0 Å². The average Bonchev–Trinajstić information content (AvgIpc) is 2.96. The minimum Gasteiger partial charge on any atom is -0.346 e. The fraction of sp³-hybridized carbons (Fsp3) is 0.476. The number of carbonyl (C=O) groups is 2. The maximum absolute atomic E-state index is 12.5. The van der Waals surface area contributed by atoms with Gasteiger partial charge in [0.2, 0.25) is 0 Å². The van der Waals surface area contributed by atoms with Gasteiger partial charge in [-0.3, -0.25) is 19.2 Å². The van der Waals surface area contributed by atoms with Gasteiger partial charge in [-0.1, -0.05) is 30.3 Å². The number of amides is 2. The van der Waals surface area contributed by atoms with Gasteiger partial charge in [0.05, 0.1) is 23.1 Å². The molecule has 1 unspecified atom stereocenters. The molecule has 1 aromatic carbocycles. The molecule has 1 aromatic heterocycles. The number of hydrogen-bond donors (Lipinski definition) is 2. The van der Waals surface area contributed by atoms with Gasteiger partial charge in [0.25, 0.3) is 0 Å². The zero-order chi connectivity index (χ0) is 21.0. The Balaban J connectivity index is 1.65. The van der Waals surface area contributed by atoms with Crippen molar-refractivity contribution in [2.24, 2.45) is 7.05 Å². The van der Waals surface area contributed by atoms with Crippen molar-refractivity contribution in [3.05, 3.63) is 47.3 Å². The number of likely N-dealkylation sites (N-methyl/N-ethyl adjacent to an activating group) is 1. The number of nitrogens with one attached hydrogen (secondary N) is 2. The molecule has 2 N–H and O–H groups in total. The van der Waals surface area contributed by atoms with Gasteiger partial charge in [0, 0.05) is 39.8 Å². The van der Waals surface area contributed by atoms with Gasteiger partial charge >= 0.3 is 11.8 Å². The van der Waals surface area contributed by atoms with Crippen LogP contribution in [0.5, 0.6) is 0 Å². The molecule has 1 aliphatic rings. The van der Waals surface area contributed by atoms with Crippen LogP contribution >= 0.6 is 0 Å². The first-order valence-corrected chi connectivity index (χ1v) is 9.93. The van der Waals surface area contributed by atoms with Gasteiger partial charge in [0.15, 0.2) is 0 Å². The lowest BCUT2D eigenvalue weighted by Gasteiger charge is -2.38. The van der Waals surface area contributed by atoms with E-state index in [1.54, 1.807) is 18.7 Å². The molecule has 1 saturated heterocycles. The van der Waals surface area contributed by atoms with Crippen molar-refractivity contribution in [2.75, 3.05) is 45.1 Å². The highest BCUT2D eigenvalue weighted by atomic mass is 16.2. The van der Waals surface area contributed by atoms with Crippen LogP contribution in [0.15, 0.2) is 30.3 Å². The number of nitrogens with zero attached hydrogens (tertiary/aromatic N) is 4. The fourth-order valence-corrected chi connectivity index (χ4v) is 3.66. The van der Waals surface area contributed by atoms with Crippen molar-refractivity contribution in [3.63, 3.8) is 0 Å². The second-order valence-electron chi connectivity index (χ2n) is 7.60. The summed E-state index contributed by atoms with van der Waals surface area (Å²) in [5.41, 5.74) is 3.22. The first-order chi connectivity index (χ1) is 13.9. The number of benzene rings is 1. The first kappa shape index (κ1) is 21.0. The van der Waals surface area contributed by atoms with Crippen LogP contribution in [0.25, 0.3) is 0 Å². The second-order valence-corrected chi connectivity index (χ2v) is 7.60.